The summed E-state index contributed by atoms with van der Waals surface area (Å²) in [5.41, 5.74) is 0. The number of rotatable bonds is 66. The second-order valence-corrected chi connectivity index (χ2v) is 24.2. The topological polar surface area (TPSA) is 78.9 Å². The molecule has 0 N–H and O–H groups in total. The predicted molar refractivity (Wildman–Crippen MR) is 340 cm³/mol. The first-order valence-corrected chi connectivity index (χ1v) is 35.3. The highest BCUT2D eigenvalue weighted by Gasteiger charge is 2.19. The molecule has 0 amide bonds. The summed E-state index contributed by atoms with van der Waals surface area (Å²) >= 11 is 0. The van der Waals surface area contributed by atoms with Crippen molar-refractivity contribution in [3.63, 3.8) is 0 Å². The predicted octanol–water partition coefficient (Wildman–Crippen LogP) is 24.2. The Morgan fingerprint density at radius 3 is 0.744 bits per heavy atom. The number of ether oxygens (including phenoxy) is 3. The van der Waals surface area contributed by atoms with Crippen LogP contribution in [0.3, 0.4) is 0 Å². The molecule has 1 unspecified atom stereocenters. The lowest BCUT2D eigenvalue weighted by Gasteiger charge is -2.18. The van der Waals surface area contributed by atoms with Crippen LogP contribution in [0.2, 0.25) is 0 Å². The molecule has 0 aromatic carbocycles. The minimum atomic E-state index is -0.774. The molecule has 78 heavy (non-hydrogen) atoms. The summed E-state index contributed by atoms with van der Waals surface area (Å²) in [7, 11) is 0. The molecular formula is C72H136O6. The zero-order valence-corrected chi connectivity index (χ0v) is 53.0. The van der Waals surface area contributed by atoms with E-state index in [9.17, 15) is 14.4 Å². The van der Waals surface area contributed by atoms with Gasteiger partial charge in [-0.1, -0.05) is 360 Å². The van der Waals surface area contributed by atoms with Gasteiger partial charge in [-0.3, -0.25) is 14.4 Å². The molecule has 0 saturated heterocycles. The first kappa shape index (κ1) is 75.9. The average Bonchev–Trinajstić information content (AvgIpc) is 3.44. The second kappa shape index (κ2) is 67.4. The fourth-order valence-electron chi connectivity index (χ4n) is 10.9. The van der Waals surface area contributed by atoms with E-state index in [1.165, 1.54) is 283 Å². The quantitative estimate of drug-likeness (QED) is 0.0261. The summed E-state index contributed by atoms with van der Waals surface area (Å²) in [5.74, 6) is -0.851. The maximum atomic E-state index is 13.0. The van der Waals surface area contributed by atoms with Gasteiger partial charge in [-0.25, -0.2) is 0 Å². The lowest BCUT2D eigenvalue weighted by molar-refractivity contribution is -0.167. The third-order valence-electron chi connectivity index (χ3n) is 16.2. The molecule has 6 heteroatoms. The van der Waals surface area contributed by atoms with Crippen LogP contribution in [0.25, 0.3) is 0 Å². The summed E-state index contributed by atoms with van der Waals surface area (Å²) < 4.78 is 17.0. The van der Waals surface area contributed by atoms with Crippen molar-refractivity contribution in [3.8, 4) is 0 Å². The van der Waals surface area contributed by atoms with Crippen LogP contribution in [-0.4, -0.2) is 37.2 Å². The van der Waals surface area contributed by atoms with Gasteiger partial charge in [-0.15, -0.1) is 0 Å². The fraction of sp³-hybridized carbons (Fsp3) is 0.903. The summed E-state index contributed by atoms with van der Waals surface area (Å²) in [6, 6.07) is 0. The maximum absolute atomic E-state index is 13.0. The van der Waals surface area contributed by atoms with Crippen molar-refractivity contribution >= 4 is 17.9 Å². The monoisotopic (exact) mass is 1100 g/mol. The molecule has 460 valence electrons. The Morgan fingerprint density at radius 2 is 0.474 bits per heavy atom. The van der Waals surface area contributed by atoms with Crippen molar-refractivity contribution in [1.82, 2.24) is 0 Å². The molecule has 0 aromatic heterocycles. The molecule has 0 saturated carbocycles. The second-order valence-electron chi connectivity index (χ2n) is 24.2. The van der Waals surface area contributed by atoms with Gasteiger partial charge in [0.1, 0.15) is 13.2 Å². The number of carbonyl (C=O) groups is 3. The van der Waals surface area contributed by atoms with Crippen LogP contribution in [0, 0.1) is 0 Å². The van der Waals surface area contributed by atoms with Crippen LogP contribution in [-0.2, 0) is 28.6 Å². The molecule has 1 atom stereocenters. The summed E-state index contributed by atoms with van der Waals surface area (Å²) in [5, 5.41) is 0. The minimum Gasteiger partial charge on any atom is -0.462 e. The van der Waals surface area contributed by atoms with Gasteiger partial charge >= 0.3 is 17.9 Å². The van der Waals surface area contributed by atoms with Gasteiger partial charge in [0.15, 0.2) is 6.10 Å². The third-order valence-corrected chi connectivity index (χ3v) is 16.2. The first-order valence-electron chi connectivity index (χ1n) is 35.3. The van der Waals surface area contributed by atoms with Crippen LogP contribution in [0.5, 0.6) is 0 Å². The molecule has 0 bridgehead atoms. The zero-order chi connectivity index (χ0) is 56.4. The third kappa shape index (κ3) is 64.7. The lowest BCUT2D eigenvalue weighted by atomic mass is 10.0. The minimum absolute atomic E-state index is 0.0692. The van der Waals surface area contributed by atoms with E-state index < -0.39 is 6.10 Å². The molecule has 0 heterocycles. The Bertz CT molecular complexity index is 1260. The largest absolute Gasteiger partial charge is 0.462 e. The number of unbranched alkanes of at least 4 members (excludes halogenated alkanes) is 51. The summed E-state index contributed by atoms with van der Waals surface area (Å²) in [6.07, 6.45) is 82.1. The molecule has 6 nitrogen and oxygen atoms in total. The Kier molecular flexibility index (Phi) is 65.6. The van der Waals surface area contributed by atoms with E-state index in [0.29, 0.717) is 19.3 Å². The molecule has 0 aliphatic heterocycles. The first-order chi connectivity index (χ1) is 38.5. The number of carbonyl (C=O) groups excluding carboxylic acids is 3. The SMILES string of the molecule is CCCC/C=C\C/C=C\CCCCCCCC(=O)OCC(COC(=O)CCCCCCCCCCCCCCCCCCCCCCCCC)OC(=O)CCCCCCCCCCCCCCCCCCCCCCCCC. The van der Waals surface area contributed by atoms with Gasteiger partial charge in [-0.05, 0) is 44.9 Å². The Hall–Kier alpha value is -2.11. The molecule has 0 rings (SSSR count). The standard InChI is InChI=1S/C72H136O6/c1-4-7-10-13-16-19-22-25-28-30-32-34-36-38-40-42-44-47-50-53-56-59-62-65-71(74)77-68-69(67-76-70(73)64-61-58-55-52-49-46-27-24-21-18-15-12-9-6-3)78-72(75)66-63-60-57-54-51-48-45-43-41-39-37-35-33-31-29-26-23-20-17-14-11-8-5-2/h15,18,24,27,69H,4-14,16-17,19-23,25-26,28-68H2,1-3H3/b18-15-,27-24-. The van der Waals surface area contributed by atoms with E-state index in [2.05, 4.69) is 45.1 Å². The highest BCUT2D eigenvalue weighted by Crippen LogP contribution is 2.19. The molecule has 0 fully saturated rings. The van der Waals surface area contributed by atoms with Crippen molar-refractivity contribution in [2.24, 2.45) is 0 Å². The fourth-order valence-corrected chi connectivity index (χ4v) is 10.9. The molecule has 0 radical (unpaired) electrons. The van der Waals surface area contributed by atoms with Gasteiger partial charge in [-0.2, -0.15) is 0 Å². The summed E-state index contributed by atoms with van der Waals surface area (Å²) in [6.45, 7) is 6.68. The van der Waals surface area contributed by atoms with E-state index in [1.54, 1.807) is 0 Å². The van der Waals surface area contributed by atoms with Crippen LogP contribution in [0.4, 0.5) is 0 Å². The lowest BCUT2D eigenvalue weighted by Crippen LogP contribution is -2.30. The van der Waals surface area contributed by atoms with Crippen molar-refractivity contribution in [1.29, 1.82) is 0 Å². The van der Waals surface area contributed by atoms with Crippen LogP contribution >= 0.6 is 0 Å². The Balaban J connectivity index is 4.24. The van der Waals surface area contributed by atoms with Crippen LogP contribution in [0.15, 0.2) is 24.3 Å². The number of esters is 3. The van der Waals surface area contributed by atoms with Gasteiger partial charge in [0.25, 0.3) is 0 Å². The van der Waals surface area contributed by atoms with E-state index in [4.69, 9.17) is 14.2 Å². The Labute approximate surface area is 487 Å². The van der Waals surface area contributed by atoms with Gasteiger partial charge < -0.3 is 14.2 Å². The highest BCUT2D eigenvalue weighted by molar-refractivity contribution is 5.71. The van der Waals surface area contributed by atoms with Crippen molar-refractivity contribution in [2.45, 2.75) is 406 Å². The zero-order valence-electron chi connectivity index (χ0n) is 53.0. The van der Waals surface area contributed by atoms with Crippen molar-refractivity contribution in [2.75, 3.05) is 13.2 Å². The van der Waals surface area contributed by atoms with E-state index in [0.717, 1.165) is 77.0 Å². The van der Waals surface area contributed by atoms with Crippen molar-refractivity contribution < 1.29 is 28.6 Å². The number of hydrogen-bond acceptors (Lipinski definition) is 6. The van der Waals surface area contributed by atoms with Crippen LogP contribution < -0.4 is 0 Å². The highest BCUT2D eigenvalue weighted by atomic mass is 16.6. The molecular weight excluding hydrogens is 961 g/mol. The van der Waals surface area contributed by atoms with E-state index >= 15 is 0 Å². The van der Waals surface area contributed by atoms with Gasteiger partial charge in [0, 0.05) is 19.3 Å². The molecule has 0 aliphatic rings. The molecule has 0 spiro atoms. The molecule has 0 aromatic rings. The van der Waals surface area contributed by atoms with Gasteiger partial charge in [0.2, 0.25) is 0 Å². The maximum Gasteiger partial charge on any atom is 0.306 e. The number of allylic oxidation sites excluding steroid dienone is 4. The van der Waals surface area contributed by atoms with E-state index in [-0.39, 0.29) is 31.1 Å². The summed E-state index contributed by atoms with van der Waals surface area (Å²) in [4.78, 5) is 38.4. The van der Waals surface area contributed by atoms with Gasteiger partial charge in [0.05, 0.1) is 0 Å². The molecule has 0 aliphatic carbocycles. The normalized spacial score (nSPS) is 12.1. The number of hydrogen-bond donors (Lipinski definition) is 0. The Morgan fingerprint density at radius 1 is 0.256 bits per heavy atom. The smallest absolute Gasteiger partial charge is 0.306 e. The van der Waals surface area contributed by atoms with Crippen LogP contribution in [0.1, 0.15) is 400 Å². The average molecular weight is 1100 g/mol. The van der Waals surface area contributed by atoms with Crippen molar-refractivity contribution in [3.05, 3.63) is 24.3 Å². The van der Waals surface area contributed by atoms with E-state index in [1.807, 2.05) is 0 Å².